The number of nitrogen functional groups attached to an aromatic ring is 1. The van der Waals surface area contributed by atoms with Crippen LogP contribution >= 0.6 is 0 Å². The summed E-state index contributed by atoms with van der Waals surface area (Å²) in [6.07, 6.45) is 7.83. The number of fused-ring (bicyclic) bond motifs is 1. The predicted molar refractivity (Wildman–Crippen MR) is 128 cm³/mol. The van der Waals surface area contributed by atoms with Crippen LogP contribution in [-0.2, 0) is 5.41 Å². The maximum Gasteiger partial charge on any atom is 0.187 e. The van der Waals surface area contributed by atoms with Gasteiger partial charge in [-0.15, -0.1) is 0 Å². The average molecular weight is 438 g/mol. The van der Waals surface area contributed by atoms with Gasteiger partial charge in [-0.25, -0.2) is 9.97 Å². The fraction of sp³-hybridized carbons (Fsp3) is 0.370. The first-order valence-electron chi connectivity index (χ1n) is 12.0. The van der Waals surface area contributed by atoms with E-state index in [0.717, 1.165) is 51.7 Å². The van der Waals surface area contributed by atoms with Crippen LogP contribution in [0.25, 0.3) is 22.3 Å². The lowest BCUT2D eigenvalue weighted by Gasteiger charge is -2.56. The van der Waals surface area contributed by atoms with Gasteiger partial charge in [0, 0.05) is 11.0 Å². The van der Waals surface area contributed by atoms with Crippen molar-refractivity contribution in [2.45, 2.75) is 43.9 Å². The number of anilines is 1. The fourth-order valence-corrected chi connectivity index (χ4v) is 7.08. The maximum atomic E-state index is 6.28. The SMILES string of the molecule is Nc1[nH]nc2nc(C34CC5CC(CC(C5)C3)C4)nc(-c3ccc(Oc4ccccc4)cc3)c12. The second kappa shape index (κ2) is 7.04. The zero-order valence-corrected chi connectivity index (χ0v) is 18.5. The monoisotopic (exact) mass is 437 g/mol. The third-order valence-electron chi connectivity index (χ3n) is 8.06. The summed E-state index contributed by atoms with van der Waals surface area (Å²) < 4.78 is 5.98. The number of nitrogens with one attached hydrogen (secondary N) is 1. The molecule has 8 rings (SSSR count). The van der Waals surface area contributed by atoms with Gasteiger partial charge in [-0.1, -0.05) is 18.2 Å². The van der Waals surface area contributed by atoms with Gasteiger partial charge in [-0.05, 0) is 92.7 Å². The highest BCUT2D eigenvalue weighted by Gasteiger charge is 2.53. The highest BCUT2D eigenvalue weighted by atomic mass is 16.5. The zero-order chi connectivity index (χ0) is 22.0. The minimum absolute atomic E-state index is 0.0990. The van der Waals surface area contributed by atoms with Crippen molar-refractivity contribution in [1.29, 1.82) is 0 Å². The molecule has 6 nitrogen and oxygen atoms in total. The lowest BCUT2D eigenvalue weighted by atomic mass is 9.49. The fourth-order valence-electron chi connectivity index (χ4n) is 7.08. The summed E-state index contributed by atoms with van der Waals surface area (Å²) in [6.45, 7) is 0. The van der Waals surface area contributed by atoms with E-state index in [-0.39, 0.29) is 5.41 Å². The molecule has 4 fully saturated rings. The van der Waals surface area contributed by atoms with Crippen LogP contribution in [0.2, 0.25) is 0 Å². The van der Waals surface area contributed by atoms with Crippen molar-refractivity contribution in [3.8, 4) is 22.8 Å². The predicted octanol–water partition coefficient (Wildman–Crippen LogP) is 5.86. The molecular formula is C27H27N5O. The molecule has 4 aliphatic carbocycles. The van der Waals surface area contributed by atoms with Crippen LogP contribution in [0.3, 0.4) is 0 Å². The summed E-state index contributed by atoms with van der Waals surface area (Å²) in [5, 5.41) is 8.18. The molecule has 2 aromatic heterocycles. The second-order valence-corrected chi connectivity index (χ2v) is 10.4. The molecule has 3 N–H and O–H groups in total. The Hall–Kier alpha value is -3.41. The molecule has 0 radical (unpaired) electrons. The highest BCUT2D eigenvalue weighted by molar-refractivity contribution is 5.98. The lowest BCUT2D eigenvalue weighted by Crippen LogP contribution is -2.49. The molecule has 0 amide bonds. The quantitative estimate of drug-likeness (QED) is 0.417. The number of nitrogens with two attached hydrogens (primary N) is 1. The van der Waals surface area contributed by atoms with Crippen LogP contribution in [0.1, 0.15) is 44.3 Å². The van der Waals surface area contributed by atoms with Gasteiger partial charge in [-0.2, -0.15) is 5.10 Å². The van der Waals surface area contributed by atoms with E-state index in [9.17, 15) is 0 Å². The molecule has 0 aliphatic heterocycles. The molecule has 0 spiro atoms. The van der Waals surface area contributed by atoms with Crippen molar-refractivity contribution < 1.29 is 4.74 Å². The first-order valence-corrected chi connectivity index (χ1v) is 12.0. The number of rotatable bonds is 4. The minimum atomic E-state index is 0.0990. The summed E-state index contributed by atoms with van der Waals surface area (Å²) in [5.74, 6) is 5.59. The van der Waals surface area contributed by atoms with E-state index in [1.807, 2.05) is 42.5 Å². The molecule has 4 saturated carbocycles. The molecule has 2 heterocycles. The third-order valence-corrected chi connectivity index (χ3v) is 8.06. The van der Waals surface area contributed by atoms with Crippen LogP contribution in [-0.4, -0.2) is 20.2 Å². The Morgan fingerprint density at radius 1 is 0.818 bits per heavy atom. The number of H-pyrrole nitrogens is 1. The van der Waals surface area contributed by atoms with Crippen molar-refractivity contribution in [1.82, 2.24) is 20.2 Å². The average Bonchev–Trinajstić information content (AvgIpc) is 3.20. The first kappa shape index (κ1) is 19.1. The Labute approximate surface area is 192 Å². The van der Waals surface area contributed by atoms with Crippen LogP contribution in [0.15, 0.2) is 54.6 Å². The van der Waals surface area contributed by atoms with Crippen LogP contribution < -0.4 is 10.5 Å². The molecule has 4 aromatic rings. The summed E-state index contributed by atoms with van der Waals surface area (Å²) in [5.41, 5.74) is 8.92. The molecular weight excluding hydrogens is 410 g/mol. The van der Waals surface area contributed by atoms with Crippen molar-refractivity contribution in [3.63, 3.8) is 0 Å². The number of aromatic nitrogens is 4. The molecule has 0 atom stereocenters. The van der Waals surface area contributed by atoms with Crippen LogP contribution in [0.5, 0.6) is 11.5 Å². The second-order valence-electron chi connectivity index (χ2n) is 10.4. The van der Waals surface area contributed by atoms with E-state index in [1.54, 1.807) is 0 Å². The molecule has 4 aliphatic rings. The topological polar surface area (TPSA) is 89.7 Å². The van der Waals surface area contributed by atoms with Crippen LogP contribution in [0.4, 0.5) is 5.82 Å². The number of para-hydroxylation sites is 1. The van der Waals surface area contributed by atoms with E-state index in [2.05, 4.69) is 22.3 Å². The van der Waals surface area contributed by atoms with E-state index in [1.165, 1.54) is 38.5 Å². The van der Waals surface area contributed by atoms with Gasteiger partial charge < -0.3 is 10.5 Å². The van der Waals surface area contributed by atoms with E-state index >= 15 is 0 Å². The first-order chi connectivity index (χ1) is 16.1. The molecule has 166 valence electrons. The van der Waals surface area contributed by atoms with Crippen LogP contribution in [0, 0.1) is 17.8 Å². The number of benzene rings is 2. The summed E-state index contributed by atoms with van der Waals surface area (Å²) >= 11 is 0. The highest BCUT2D eigenvalue weighted by Crippen LogP contribution is 2.60. The standard InChI is InChI=1S/C27H27N5O/c28-24-22-23(19-6-8-21(9-7-19)33-20-4-2-1-3-5-20)29-26(30-25(22)32-31-24)27-13-16-10-17(14-27)12-18(11-16)15-27/h1-9,16-18H,10-15H2,(H3,28,29,30,31,32). The van der Waals surface area contributed by atoms with Crippen molar-refractivity contribution in [3.05, 3.63) is 60.4 Å². The molecule has 33 heavy (non-hydrogen) atoms. The molecule has 0 saturated heterocycles. The van der Waals surface area contributed by atoms with Gasteiger partial charge in [0.1, 0.15) is 23.1 Å². The number of ether oxygens (including phenoxy) is 1. The van der Waals surface area contributed by atoms with Gasteiger partial charge in [-0.3, -0.25) is 5.10 Å². The normalized spacial score (nSPS) is 27.8. The van der Waals surface area contributed by atoms with Gasteiger partial charge in [0.25, 0.3) is 0 Å². The van der Waals surface area contributed by atoms with Gasteiger partial charge in [0.2, 0.25) is 0 Å². The summed E-state index contributed by atoms with van der Waals surface area (Å²) in [6, 6.07) is 17.9. The third kappa shape index (κ3) is 3.11. The Balaban J connectivity index is 1.30. The number of hydrogen-bond donors (Lipinski definition) is 2. The van der Waals surface area contributed by atoms with E-state index in [4.69, 9.17) is 20.4 Å². The number of hydrogen-bond acceptors (Lipinski definition) is 5. The maximum absolute atomic E-state index is 6.28. The number of nitrogens with zero attached hydrogens (tertiary/aromatic N) is 3. The number of aromatic amines is 1. The Kier molecular flexibility index (Phi) is 4.07. The zero-order valence-electron chi connectivity index (χ0n) is 18.5. The minimum Gasteiger partial charge on any atom is -0.457 e. The molecule has 4 bridgehead atoms. The van der Waals surface area contributed by atoms with Gasteiger partial charge >= 0.3 is 0 Å². The van der Waals surface area contributed by atoms with E-state index < -0.39 is 0 Å². The molecule has 2 aromatic carbocycles. The van der Waals surface area contributed by atoms with Crippen molar-refractivity contribution in [2.24, 2.45) is 17.8 Å². The summed E-state index contributed by atoms with van der Waals surface area (Å²) in [4.78, 5) is 10.2. The van der Waals surface area contributed by atoms with E-state index in [0.29, 0.717) is 11.5 Å². The lowest BCUT2D eigenvalue weighted by molar-refractivity contribution is -0.00919. The molecule has 0 unspecified atom stereocenters. The van der Waals surface area contributed by atoms with Gasteiger partial charge in [0.05, 0.1) is 11.1 Å². The Morgan fingerprint density at radius 3 is 2.12 bits per heavy atom. The molecule has 6 heteroatoms. The Bertz CT molecular complexity index is 1290. The Morgan fingerprint density at radius 2 is 1.45 bits per heavy atom. The summed E-state index contributed by atoms with van der Waals surface area (Å²) in [7, 11) is 0. The van der Waals surface area contributed by atoms with Gasteiger partial charge in [0.15, 0.2) is 5.65 Å². The van der Waals surface area contributed by atoms with Crippen molar-refractivity contribution in [2.75, 3.05) is 5.73 Å². The van der Waals surface area contributed by atoms with Crippen molar-refractivity contribution >= 4 is 16.9 Å². The largest absolute Gasteiger partial charge is 0.457 e. The smallest absolute Gasteiger partial charge is 0.187 e.